The highest BCUT2D eigenvalue weighted by atomic mass is 35.5. The van der Waals surface area contributed by atoms with Crippen LogP contribution in [0.3, 0.4) is 0 Å². The summed E-state index contributed by atoms with van der Waals surface area (Å²) in [6.45, 7) is 1.87. The zero-order chi connectivity index (χ0) is 18.2. The van der Waals surface area contributed by atoms with Crippen LogP contribution in [0, 0.1) is 0 Å². The molecule has 6 heteroatoms. The van der Waals surface area contributed by atoms with E-state index in [1.807, 2.05) is 6.07 Å². The molecule has 0 aliphatic carbocycles. The number of anilines is 1. The Morgan fingerprint density at radius 3 is 2.32 bits per heavy atom. The van der Waals surface area contributed by atoms with Gasteiger partial charge in [-0.2, -0.15) is 0 Å². The van der Waals surface area contributed by atoms with E-state index in [2.05, 4.69) is 5.32 Å². The topological polar surface area (TPSA) is 75.6 Å². The molecule has 25 heavy (non-hydrogen) atoms. The molecule has 0 saturated heterocycles. The smallest absolute Gasteiger partial charge is 0.338 e. The van der Waals surface area contributed by atoms with Gasteiger partial charge in [0.05, 0.1) is 17.5 Å². The van der Waals surface area contributed by atoms with Crippen molar-refractivity contribution in [3.8, 4) is 0 Å². The number of halogens is 1. The first kappa shape index (κ1) is 19.0. The molecule has 2 rings (SSSR count). The van der Waals surface area contributed by atoms with E-state index < -0.39 is 18.2 Å². The van der Waals surface area contributed by atoms with Crippen LogP contribution in [0.15, 0.2) is 54.6 Å². The first-order chi connectivity index (χ1) is 12.0. The van der Waals surface area contributed by atoms with E-state index in [0.717, 1.165) is 5.69 Å². The number of carbonyl (C=O) groups is 2. The number of ether oxygens (including phenoxy) is 1. The summed E-state index contributed by atoms with van der Waals surface area (Å²) in [5, 5.41) is 12.4. The van der Waals surface area contributed by atoms with Gasteiger partial charge >= 0.3 is 5.97 Å². The van der Waals surface area contributed by atoms with E-state index in [1.165, 1.54) is 0 Å². The van der Waals surface area contributed by atoms with Crippen molar-refractivity contribution in [2.24, 2.45) is 0 Å². The number of benzene rings is 2. The van der Waals surface area contributed by atoms with Gasteiger partial charge in [0.2, 0.25) is 5.78 Å². The van der Waals surface area contributed by atoms with E-state index >= 15 is 0 Å². The fourth-order valence-corrected chi connectivity index (χ4v) is 2.24. The molecule has 2 aromatic rings. The normalized spacial score (nSPS) is 12.9. The molecule has 0 aromatic heterocycles. The van der Waals surface area contributed by atoms with Gasteiger partial charge in [-0.15, -0.1) is 11.6 Å². The van der Waals surface area contributed by atoms with Crippen LogP contribution in [0.5, 0.6) is 0 Å². The number of hydrogen-bond donors (Lipinski definition) is 2. The summed E-state index contributed by atoms with van der Waals surface area (Å²) in [4.78, 5) is 24.4. The summed E-state index contributed by atoms with van der Waals surface area (Å²) < 4.78 is 5.24. The number of alkyl halides is 1. The van der Waals surface area contributed by atoms with Gasteiger partial charge in [0.1, 0.15) is 0 Å². The molecule has 0 amide bonds. The van der Waals surface area contributed by atoms with Crippen molar-refractivity contribution in [2.45, 2.75) is 19.1 Å². The van der Waals surface area contributed by atoms with Crippen LogP contribution in [0.1, 0.15) is 27.6 Å². The van der Waals surface area contributed by atoms with Gasteiger partial charge < -0.3 is 15.2 Å². The molecule has 2 unspecified atom stereocenters. The number of ketones is 1. The van der Waals surface area contributed by atoms with Crippen LogP contribution in [0.4, 0.5) is 5.69 Å². The van der Waals surface area contributed by atoms with Crippen LogP contribution in [0.2, 0.25) is 0 Å². The number of rotatable bonds is 8. The fourth-order valence-electron chi connectivity index (χ4n) is 2.13. The Morgan fingerprint density at radius 1 is 1.08 bits per heavy atom. The molecular formula is C19H20ClNO4. The van der Waals surface area contributed by atoms with Gasteiger partial charge in [-0.3, -0.25) is 4.79 Å². The Hall–Kier alpha value is -2.37. The molecule has 132 valence electrons. The number of aliphatic hydroxyl groups is 1. The third kappa shape index (κ3) is 5.59. The van der Waals surface area contributed by atoms with Gasteiger partial charge in [-0.05, 0) is 31.2 Å². The molecule has 2 atom stereocenters. The molecule has 0 bridgehead atoms. The number of carbonyl (C=O) groups excluding carboxylic acids is 2. The minimum Gasteiger partial charge on any atom is -0.451 e. The SMILES string of the molecule is CC(OC(=O)c1ccc(NCC(O)CCl)cc1)C(=O)c1ccccc1. The third-order valence-corrected chi connectivity index (χ3v) is 3.91. The summed E-state index contributed by atoms with van der Waals surface area (Å²) in [7, 11) is 0. The lowest BCUT2D eigenvalue weighted by Gasteiger charge is -2.13. The predicted molar refractivity (Wildman–Crippen MR) is 97.3 cm³/mol. The Balaban J connectivity index is 1.93. The van der Waals surface area contributed by atoms with E-state index in [9.17, 15) is 14.7 Å². The molecule has 5 nitrogen and oxygen atoms in total. The van der Waals surface area contributed by atoms with E-state index in [0.29, 0.717) is 17.7 Å². The van der Waals surface area contributed by atoms with Crippen molar-refractivity contribution in [3.05, 3.63) is 65.7 Å². The Kier molecular flexibility index (Phi) is 6.98. The summed E-state index contributed by atoms with van der Waals surface area (Å²) in [6, 6.07) is 15.3. The quantitative estimate of drug-likeness (QED) is 0.429. The van der Waals surface area contributed by atoms with Crippen LogP contribution >= 0.6 is 11.6 Å². The second-order valence-electron chi connectivity index (χ2n) is 5.54. The molecule has 0 aliphatic rings. The lowest BCUT2D eigenvalue weighted by atomic mass is 10.1. The van der Waals surface area contributed by atoms with Gasteiger partial charge in [-0.1, -0.05) is 30.3 Å². The maximum atomic E-state index is 12.2. The molecule has 0 heterocycles. The fraction of sp³-hybridized carbons (Fsp3) is 0.263. The lowest BCUT2D eigenvalue weighted by molar-refractivity contribution is 0.0319. The molecular weight excluding hydrogens is 342 g/mol. The number of nitrogens with one attached hydrogen (secondary N) is 1. The number of esters is 1. The third-order valence-electron chi connectivity index (χ3n) is 3.55. The van der Waals surface area contributed by atoms with Gasteiger partial charge in [-0.25, -0.2) is 4.79 Å². The minimum atomic E-state index is -0.869. The maximum absolute atomic E-state index is 12.2. The molecule has 0 aliphatic heterocycles. The van der Waals surface area contributed by atoms with Gasteiger partial charge in [0, 0.05) is 17.8 Å². The lowest BCUT2D eigenvalue weighted by Crippen LogP contribution is -2.24. The van der Waals surface area contributed by atoms with Crippen molar-refractivity contribution in [1.29, 1.82) is 0 Å². The van der Waals surface area contributed by atoms with Crippen LogP contribution < -0.4 is 5.32 Å². The molecule has 0 radical (unpaired) electrons. The Morgan fingerprint density at radius 2 is 1.72 bits per heavy atom. The molecule has 0 saturated carbocycles. The standard InChI is InChI=1S/C19H20ClNO4/c1-13(18(23)14-5-3-2-4-6-14)25-19(24)15-7-9-16(10-8-15)21-12-17(22)11-20/h2-10,13,17,21-22H,11-12H2,1H3. The van der Waals surface area contributed by atoms with Crippen molar-refractivity contribution in [3.63, 3.8) is 0 Å². The predicted octanol–water partition coefficient (Wildman–Crippen LogP) is 3.13. The summed E-state index contributed by atoms with van der Waals surface area (Å²) in [6.07, 6.45) is -1.51. The minimum absolute atomic E-state index is 0.144. The van der Waals surface area contributed by atoms with Crippen molar-refractivity contribution < 1.29 is 19.4 Å². The van der Waals surface area contributed by atoms with Gasteiger partial charge in [0.15, 0.2) is 6.10 Å². The summed E-state index contributed by atoms with van der Waals surface area (Å²) in [5.74, 6) is -0.670. The highest BCUT2D eigenvalue weighted by Gasteiger charge is 2.20. The average Bonchev–Trinajstić information content (AvgIpc) is 2.66. The monoisotopic (exact) mass is 361 g/mol. The second-order valence-corrected chi connectivity index (χ2v) is 5.85. The van der Waals surface area contributed by atoms with E-state index in [1.54, 1.807) is 55.5 Å². The highest BCUT2D eigenvalue weighted by molar-refractivity contribution is 6.18. The maximum Gasteiger partial charge on any atom is 0.338 e. The second kappa shape index (κ2) is 9.20. The zero-order valence-electron chi connectivity index (χ0n) is 13.8. The molecule has 0 fully saturated rings. The molecule has 2 aromatic carbocycles. The van der Waals surface area contributed by atoms with Crippen LogP contribution in [-0.2, 0) is 4.74 Å². The number of hydrogen-bond acceptors (Lipinski definition) is 5. The van der Waals surface area contributed by atoms with Crippen molar-refractivity contribution in [2.75, 3.05) is 17.7 Å². The summed E-state index contributed by atoms with van der Waals surface area (Å²) in [5.41, 5.74) is 1.59. The zero-order valence-corrected chi connectivity index (χ0v) is 14.6. The molecule has 2 N–H and O–H groups in total. The number of aliphatic hydroxyl groups excluding tert-OH is 1. The number of Topliss-reactive ketones (excluding diaryl/α,β-unsaturated/α-hetero) is 1. The van der Waals surface area contributed by atoms with Gasteiger partial charge in [0.25, 0.3) is 0 Å². The first-order valence-electron chi connectivity index (χ1n) is 7.89. The van der Waals surface area contributed by atoms with Crippen molar-refractivity contribution in [1.82, 2.24) is 0 Å². The van der Waals surface area contributed by atoms with Crippen molar-refractivity contribution >= 4 is 29.0 Å². The first-order valence-corrected chi connectivity index (χ1v) is 8.43. The van der Waals surface area contributed by atoms with Crippen LogP contribution in [0.25, 0.3) is 0 Å². The average molecular weight is 362 g/mol. The van der Waals surface area contributed by atoms with E-state index in [4.69, 9.17) is 16.3 Å². The largest absolute Gasteiger partial charge is 0.451 e. The van der Waals surface area contributed by atoms with Crippen LogP contribution in [-0.4, -0.2) is 41.5 Å². The summed E-state index contributed by atoms with van der Waals surface area (Å²) >= 11 is 5.52. The Bertz CT molecular complexity index is 703. The Labute approximate surface area is 151 Å². The molecule has 0 spiro atoms. The van der Waals surface area contributed by atoms with E-state index in [-0.39, 0.29) is 11.7 Å². The highest BCUT2D eigenvalue weighted by Crippen LogP contribution is 2.13.